The number of amides is 2. The quantitative estimate of drug-likeness (QED) is 0.339. The third-order valence-corrected chi connectivity index (χ3v) is 8.03. The number of rotatable bonds is 2. The van der Waals surface area contributed by atoms with Crippen molar-refractivity contribution in [2.75, 3.05) is 5.32 Å². The maximum absolute atomic E-state index is 14.3. The predicted molar refractivity (Wildman–Crippen MR) is 129 cm³/mol. The van der Waals surface area contributed by atoms with Gasteiger partial charge in [0.15, 0.2) is 0 Å². The van der Waals surface area contributed by atoms with Crippen LogP contribution in [-0.2, 0) is 19.4 Å². The number of nitrogens with zero attached hydrogens (tertiary/aromatic N) is 2. The first-order valence-electron chi connectivity index (χ1n) is 11.5. The summed E-state index contributed by atoms with van der Waals surface area (Å²) < 4.78 is 29.9. The number of nitrogens with one attached hydrogen (secondary N) is 1. The molecule has 7 heteroatoms. The Morgan fingerprint density at radius 1 is 0.941 bits per heavy atom. The average Bonchev–Trinajstić information content (AvgIpc) is 3.42. The highest BCUT2D eigenvalue weighted by Crippen LogP contribution is 2.44. The maximum Gasteiger partial charge on any atom is 0.322 e. The molecule has 0 saturated heterocycles. The van der Waals surface area contributed by atoms with Gasteiger partial charge in [-0.2, -0.15) is 0 Å². The van der Waals surface area contributed by atoms with Crippen LogP contribution in [0.4, 0.5) is 19.3 Å². The largest absolute Gasteiger partial charge is 0.322 e. The van der Waals surface area contributed by atoms with E-state index in [2.05, 4.69) is 9.88 Å². The Morgan fingerprint density at radius 2 is 1.76 bits per heavy atom. The lowest BCUT2D eigenvalue weighted by Gasteiger charge is -2.31. The number of carbonyl (C=O) groups is 1. The Labute approximate surface area is 200 Å². The summed E-state index contributed by atoms with van der Waals surface area (Å²) in [4.78, 5) is 16.9. The van der Waals surface area contributed by atoms with Gasteiger partial charge in [0.05, 0.1) is 18.3 Å². The molecule has 0 spiro atoms. The predicted octanol–water partition coefficient (Wildman–Crippen LogP) is 6.83. The third kappa shape index (κ3) is 3.60. The van der Waals surface area contributed by atoms with Crippen LogP contribution in [0.1, 0.15) is 46.1 Å². The van der Waals surface area contributed by atoms with E-state index >= 15 is 0 Å². The van der Waals surface area contributed by atoms with Crippen LogP contribution in [0.2, 0.25) is 0 Å². The van der Waals surface area contributed by atoms with Crippen LogP contribution in [-0.4, -0.2) is 15.5 Å². The molecule has 0 saturated carbocycles. The molecule has 2 aliphatic rings. The van der Waals surface area contributed by atoms with E-state index in [0.29, 0.717) is 17.8 Å². The van der Waals surface area contributed by atoms with Crippen molar-refractivity contribution in [1.82, 2.24) is 9.47 Å². The van der Waals surface area contributed by atoms with Gasteiger partial charge < -0.3 is 14.8 Å². The molecule has 1 aliphatic heterocycles. The molecule has 0 radical (unpaired) electrons. The molecule has 0 fully saturated rings. The van der Waals surface area contributed by atoms with Crippen molar-refractivity contribution < 1.29 is 13.6 Å². The van der Waals surface area contributed by atoms with Gasteiger partial charge in [-0.15, -0.1) is 11.3 Å². The Bertz CT molecular complexity index is 1380. The molecule has 4 aromatic rings. The number of halogens is 2. The number of thiophene rings is 1. The number of benzene rings is 2. The first-order chi connectivity index (χ1) is 16.6. The number of hydrogen-bond donors (Lipinski definition) is 1. The molecule has 0 bridgehead atoms. The zero-order chi connectivity index (χ0) is 23.2. The SMILES string of the molecule is O=C(Nc1ccc(F)cc1)N1Cc2c(sc3c2CCCC3)-n2cccc2C1c1cccc(F)c1. The molecule has 2 aromatic heterocycles. The molecule has 1 unspecified atom stereocenters. The Balaban J connectivity index is 1.50. The lowest BCUT2D eigenvalue weighted by Crippen LogP contribution is -2.38. The van der Waals surface area contributed by atoms with Crippen LogP contribution in [0.5, 0.6) is 0 Å². The van der Waals surface area contributed by atoms with Gasteiger partial charge in [-0.1, -0.05) is 12.1 Å². The highest BCUT2D eigenvalue weighted by atomic mass is 32.1. The van der Waals surface area contributed by atoms with Gasteiger partial charge in [-0.05, 0) is 85.3 Å². The summed E-state index contributed by atoms with van der Waals surface area (Å²) >= 11 is 1.81. The van der Waals surface area contributed by atoms with Gasteiger partial charge in [0.1, 0.15) is 16.6 Å². The number of fused-ring (bicyclic) bond motifs is 5. The van der Waals surface area contributed by atoms with Crippen molar-refractivity contribution in [3.05, 3.63) is 106 Å². The fourth-order valence-electron chi connectivity index (χ4n) is 5.14. The lowest BCUT2D eigenvalue weighted by molar-refractivity contribution is 0.194. The molecular weight excluding hydrogens is 452 g/mol. The fourth-order valence-corrected chi connectivity index (χ4v) is 6.55. The van der Waals surface area contributed by atoms with Crippen molar-refractivity contribution in [2.45, 2.75) is 38.3 Å². The van der Waals surface area contributed by atoms with Crippen molar-refractivity contribution in [2.24, 2.45) is 0 Å². The zero-order valence-corrected chi connectivity index (χ0v) is 19.2. The van der Waals surface area contributed by atoms with E-state index in [1.54, 1.807) is 34.4 Å². The number of anilines is 1. The molecule has 1 aliphatic carbocycles. The molecular formula is C27H23F2N3OS. The third-order valence-electron chi connectivity index (χ3n) is 6.70. The van der Waals surface area contributed by atoms with Crippen molar-refractivity contribution in [3.8, 4) is 5.00 Å². The second-order valence-corrected chi connectivity index (χ2v) is 9.90. The van der Waals surface area contributed by atoms with Gasteiger partial charge in [-0.25, -0.2) is 13.6 Å². The van der Waals surface area contributed by atoms with E-state index < -0.39 is 6.04 Å². The van der Waals surface area contributed by atoms with Gasteiger partial charge >= 0.3 is 6.03 Å². The van der Waals surface area contributed by atoms with Gasteiger partial charge in [-0.3, -0.25) is 0 Å². The monoisotopic (exact) mass is 475 g/mol. The van der Waals surface area contributed by atoms with Crippen LogP contribution in [0.15, 0.2) is 66.9 Å². The second kappa shape index (κ2) is 8.40. The number of aryl methyl sites for hydroxylation is 1. The smallest absolute Gasteiger partial charge is 0.310 e. The van der Waals surface area contributed by atoms with E-state index in [-0.39, 0.29) is 17.7 Å². The summed E-state index contributed by atoms with van der Waals surface area (Å²) in [5.41, 5.74) is 4.66. The fraction of sp³-hybridized carbons (Fsp3) is 0.222. The minimum absolute atomic E-state index is 0.308. The van der Waals surface area contributed by atoms with Crippen molar-refractivity contribution in [3.63, 3.8) is 0 Å². The normalized spacial score (nSPS) is 16.9. The number of hydrogen-bond acceptors (Lipinski definition) is 2. The van der Waals surface area contributed by atoms with Gasteiger partial charge in [0, 0.05) is 22.3 Å². The molecule has 2 aromatic carbocycles. The van der Waals surface area contributed by atoms with Crippen LogP contribution < -0.4 is 5.32 Å². The lowest BCUT2D eigenvalue weighted by atomic mass is 9.95. The maximum atomic E-state index is 14.3. The van der Waals surface area contributed by atoms with E-state index in [4.69, 9.17) is 0 Å². The Morgan fingerprint density at radius 3 is 2.59 bits per heavy atom. The van der Waals surface area contributed by atoms with Crippen molar-refractivity contribution in [1.29, 1.82) is 0 Å². The highest BCUT2D eigenvalue weighted by Gasteiger charge is 2.36. The summed E-state index contributed by atoms with van der Waals surface area (Å²) in [6, 6.07) is 15.4. The average molecular weight is 476 g/mol. The molecule has 6 rings (SSSR count). The summed E-state index contributed by atoms with van der Waals surface area (Å²) in [5, 5.41) is 4.07. The summed E-state index contributed by atoms with van der Waals surface area (Å²) in [6.45, 7) is 0.414. The minimum atomic E-state index is -0.481. The van der Waals surface area contributed by atoms with E-state index in [9.17, 15) is 13.6 Å². The van der Waals surface area contributed by atoms with E-state index in [1.807, 2.05) is 24.4 Å². The van der Waals surface area contributed by atoms with Crippen LogP contribution in [0, 0.1) is 11.6 Å². The topological polar surface area (TPSA) is 37.3 Å². The molecule has 1 N–H and O–H groups in total. The van der Waals surface area contributed by atoms with E-state index in [0.717, 1.165) is 30.0 Å². The second-order valence-electron chi connectivity index (χ2n) is 8.82. The first kappa shape index (κ1) is 21.1. The summed E-state index contributed by atoms with van der Waals surface area (Å²) in [7, 11) is 0. The molecule has 2 amide bonds. The minimum Gasteiger partial charge on any atom is -0.310 e. The summed E-state index contributed by atoms with van der Waals surface area (Å²) in [6.07, 6.45) is 6.44. The Kier molecular flexibility index (Phi) is 5.21. The standard InChI is InChI=1S/C27H23F2N3OS/c28-18-10-12-20(13-11-18)30-27(33)32-16-22-21-7-1-2-9-24(21)34-26(22)31-14-4-8-23(31)25(32)17-5-3-6-19(29)15-17/h3-6,8,10-15,25H,1-2,7,9,16H2,(H,30,33). The molecule has 1 atom stereocenters. The van der Waals surface area contributed by atoms with Crippen LogP contribution >= 0.6 is 11.3 Å². The Hall–Kier alpha value is -3.45. The highest BCUT2D eigenvalue weighted by molar-refractivity contribution is 7.15. The first-order valence-corrected chi connectivity index (χ1v) is 12.3. The van der Waals surface area contributed by atoms with Gasteiger partial charge in [0.25, 0.3) is 0 Å². The number of urea groups is 1. The number of aromatic nitrogens is 1. The van der Waals surface area contributed by atoms with Crippen LogP contribution in [0.3, 0.4) is 0 Å². The van der Waals surface area contributed by atoms with E-state index in [1.165, 1.54) is 46.7 Å². The number of carbonyl (C=O) groups excluding carboxylic acids is 1. The molecule has 4 nitrogen and oxygen atoms in total. The molecule has 34 heavy (non-hydrogen) atoms. The zero-order valence-electron chi connectivity index (χ0n) is 18.4. The van der Waals surface area contributed by atoms with Crippen molar-refractivity contribution >= 4 is 23.1 Å². The summed E-state index contributed by atoms with van der Waals surface area (Å²) in [5.74, 6) is -0.705. The molecule has 3 heterocycles. The van der Waals surface area contributed by atoms with Gasteiger partial charge in [0.2, 0.25) is 0 Å². The molecule has 172 valence electrons. The van der Waals surface area contributed by atoms with Crippen LogP contribution in [0.25, 0.3) is 5.00 Å².